The quantitative estimate of drug-likeness (QED) is 0.622. The lowest BCUT2D eigenvalue weighted by Gasteiger charge is -2.04. The number of pyridine rings is 1. The van der Waals surface area contributed by atoms with Crippen LogP contribution in [0.1, 0.15) is 12.5 Å². The third kappa shape index (κ3) is 1.91. The molecule has 0 atom stereocenters. The van der Waals surface area contributed by atoms with Gasteiger partial charge in [0, 0.05) is 17.7 Å². The van der Waals surface area contributed by atoms with Crippen LogP contribution in [0.5, 0.6) is 0 Å². The molecule has 1 heteroatoms. The van der Waals surface area contributed by atoms with Crippen LogP contribution in [-0.4, -0.2) is 0 Å². The minimum absolute atomic E-state index is 0.583. The van der Waals surface area contributed by atoms with Gasteiger partial charge in [0.25, 0.3) is 0 Å². The number of hydrogen-bond donors (Lipinski definition) is 0. The standard InChI is InChI=1S/C14H16N/c1-11-8-9-15(3)14(10-11)13-7-5-4-6-12(13)2/h4-10H,1-3H3/q+1/i8D. The average molecular weight is 199 g/mol. The highest BCUT2D eigenvalue weighted by atomic mass is 14.9. The summed E-state index contributed by atoms with van der Waals surface area (Å²) in [5.41, 5.74) is 4.66. The first-order valence-electron chi connectivity index (χ1n) is 5.62. The van der Waals surface area contributed by atoms with Crippen LogP contribution in [0.3, 0.4) is 0 Å². The van der Waals surface area contributed by atoms with E-state index in [4.69, 9.17) is 1.37 Å². The van der Waals surface area contributed by atoms with E-state index >= 15 is 0 Å². The fourth-order valence-electron chi connectivity index (χ4n) is 1.74. The van der Waals surface area contributed by atoms with Crippen molar-refractivity contribution in [3.63, 3.8) is 0 Å². The van der Waals surface area contributed by atoms with E-state index in [1.54, 1.807) is 0 Å². The van der Waals surface area contributed by atoms with Gasteiger partial charge in [-0.1, -0.05) is 18.2 Å². The minimum atomic E-state index is 0.583. The first-order chi connectivity index (χ1) is 7.59. The molecule has 1 nitrogen and oxygen atoms in total. The number of nitrogens with zero attached hydrogens (tertiary/aromatic N) is 1. The molecule has 2 rings (SSSR count). The normalized spacial score (nSPS) is 11.3. The first-order valence-corrected chi connectivity index (χ1v) is 5.12. The van der Waals surface area contributed by atoms with Gasteiger partial charge in [-0.2, -0.15) is 0 Å². The van der Waals surface area contributed by atoms with E-state index in [0.29, 0.717) is 6.04 Å². The molecule has 0 bridgehead atoms. The maximum Gasteiger partial charge on any atom is 0.212 e. The lowest BCUT2D eigenvalue weighted by Crippen LogP contribution is -2.30. The molecule has 1 heterocycles. The predicted molar refractivity (Wildman–Crippen MR) is 62.5 cm³/mol. The Kier molecular flexibility index (Phi) is 2.23. The van der Waals surface area contributed by atoms with E-state index < -0.39 is 0 Å². The van der Waals surface area contributed by atoms with Crippen molar-refractivity contribution in [2.24, 2.45) is 7.05 Å². The number of hydrogen-bond acceptors (Lipinski definition) is 0. The predicted octanol–water partition coefficient (Wildman–Crippen LogP) is 2.79. The summed E-state index contributed by atoms with van der Waals surface area (Å²) in [6.45, 7) is 4.09. The van der Waals surface area contributed by atoms with Gasteiger partial charge >= 0.3 is 0 Å². The van der Waals surface area contributed by atoms with Gasteiger partial charge in [-0.25, -0.2) is 4.57 Å². The molecule has 0 aliphatic heterocycles. The maximum atomic E-state index is 7.75. The first kappa shape index (κ1) is 8.66. The van der Waals surface area contributed by atoms with Crippen molar-refractivity contribution in [3.05, 3.63) is 53.7 Å². The molecule has 0 aliphatic carbocycles. The molecular weight excluding hydrogens is 182 g/mol. The zero-order valence-corrected chi connectivity index (χ0v) is 9.41. The summed E-state index contributed by atoms with van der Waals surface area (Å²) in [7, 11) is 1.99. The van der Waals surface area contributed by atoms with Gasteiger partial charge in [-0.3, -0.25) is 0 Å². The SMILES string of the molecule is [2H]c1c[n+](C)c(-c2ccccc2C)cc1C. The average Bonchev–Trinajstić information content (AvgIpc) is 2.25. The van der Waals surface area contributed by atoms with Gasteiger partial charge in [0.1, 0.15) is 7.05 Å². The van der Waals surface area contributed by atoms with E-state index in [1.807, 2.05) is 36.9 Å². The van der Waals surface area contributed by atoms with Crippen LogP contribution in [0.2, 0.25) is 0 Å². The zero-order chi connectivity index (χ0) is 11.7. The molecule has 0 amide bonds. The van der Waals surface area contributed by atoms with Crippen LogP contribution in [0.25, 0.3) is 11.3 Å². The Morgan fingerprint density at radius 3 is 2.67 bits per heavy atom. The Hall–Kier alpha value is -1.63. The minimum Gasteiger partial charge on any atom is -0.201 e. The van der Waals surface area contributed by atoms with Crippen molar-refractivity contribution in [2.45, 2.75) is 13.8 Å². The van der Waals surface area contributed by atoms with Crippen molar-refractivity contribution in [2.75, 3.05) is 0 Å². The molecule has 0 N–H and O–H groups in total. The van der Waals surface area contributed by atoms with Crippen molar-refractivity contribution in [1.29, 1.82) is 0 Å². The molecule has 0 aliphatic rings. The second kappa shape index (κ2) is 3.85. The van der Waals surface area contributed by atoms with E-state index in [-0.39, 0.29) is 0 Å². The van der Waals surface area contributed by atoms with Crippen molar-refractivity contribution in [1.82, 2.24) is 0 Å². The molecule has 2 aromatic rings. The van der Waals surface area contributed by atoms with Gasteiger partial charge < -0.3 is 0 Å². The molecule has 15 heavy (non-hydrogen) atoms. The number of aryl methyl sites for hydroxylation is 3. The molecule has 76 valence electrons. The third-order valence-corrected chi connectivity index (χ3v) is 2.64. The Morgan fingerprint density at radius 2 is 1.93 bits per heavy atom. The molecule has 0 spiro atoms. The van der Waals surface area contributed by atoms with Crippen molar-refractivity contribution >= 4 is 0 Å². The Labute approximate surface area is 92.4 Å². The monoisotopic (exact) mass is 199 g/mol. The van der Waals surface area contributed by atoms with E-state index in [2.05, 4.69) is 25.1 Å². The fraction of sp³-hybridized carbons (Fsp3) is 0.214. The largest absolute Gasteiger partial charge is 0.212 e. The molecule has 1 aromatic carbocycles. The summed E-state index contributed by atoms with van der Waals surface area (Å²) in [6, 6.07) is 11.0. The third-order valence-electron chi connectivity index (χ3n) is 2.64. The summed E-state index contributed by atoms with van der Waals surface area (Å²) in [6.07, 6.45) is 1.86. The van der Waals surface area contributed by atoms with Crippen LogP contribution in [-0.2, 0) is 7.05 Å². The van der Waals surface area contributed by atoms with Crippen LogP contribution in [0.15, 0.2) is 42.6 Å². The number of benzene rings is 1. The lowest BCUT2D eigenvalue weighted by molar-refractivity contribution is -0.660. The number of aromatic nitrogens is 1. The second-order valence-electron chi connectivity index (χ2n) is 3.91. The summed E-state index contributed by atoms with van der Waals surface area (Å²) >= 11 is 0. The molecule has 1 aromatic heterocycles. The van der Waals surface area contributed by atoms with E-state index in [1.165, 1.54) is 11.1 Å². The van der Waals surface area contributed by atoms with Crippen LogP contribution in [0, 0.1) is 13.8 Å². The fourth-order valence-corrected chi connectivity index (χ4v) is 1.74. The summed E-state index contributed by atoms with van der Waals surface area (Å²) in [5.74, 6) is 0. The van der Waals surface area contributed by atoms with E-state index in [0.717, 1.165) is 11.3 Å². The van der Waals surface area contributed by atoms with Gasteiger partial charge in [0.2, 0.25) is 5.69 Å². The molecular formula is C14H16N+. The highest BCUT2D eigenvalue weighted by molar-refractivity contribution is 5.61. The summed E-state index contributed by atoms with van der Waals surface area (Å²) < 4.78 is 9.76. The summed E-state index contributed by atoms with van der Waals surface area (Å²) in [5, 5.41) is 0. The maximum absolute atomic E-state index is 7.75. The molecule has 0 unspecified atom stereocenters. The molecule has 0 saturated heterocycles. The molecule has 0 radical (unpaired) electrons. The lowest BCUT2D eigenvalue weighted by atomic mass is 10.0. The van der Waals surface area contributed by atoms with Crippen LogP contribution >= 0.6 is 0 Å². The molecule has 0 fully saturated rings. The Morgan fingerprint density at radius 1 is 1.20 bits per heavy atom. The van der Waals surface area contributed by atoms with Crippen LogP contribution < -0.4 is 4.57 Å². The topological polar surface area (TPSA) is 3.88 Å². The van der Waals surface area contributed by atoms with Crippen molar-refractivity contribution < 1.29 is 5.94 Å². The Bertz CT molecular complexity index is 532. The van der Waals surface area contributed by atoms with Gasteiger partial charge in [0.05, 0.1) is 1.37 Å². The summed E-state index contributed by atoms with van der Waals surface area (Å²) in [4.78, 5) is 0. The van der Waals surface area contributed by atoms with Crippen molar-refractivity contribution in [3.8, 4) is 11.3 Å². The molecule has 0 saturated carbocycles. The van der Waals surface area contributed by atoms with Crippen LogP contribution in [0.4, 0.5) is 0 Å². The smallest absolute Gasteiger partial charge is 0.201 e. The highest BCUT2D eigenvalue weighted by Crippen LogP contribution is 2.19. The highest BCUT2D eigenvalue weighted by Gasteiger charge is 2.10. The second-order valence-corrected chi connectivity index (χ2v) is 3.91. The number of rotatable bonds is 1. The van der Waals surface area contributed by atoms with Gasteiger partial charge in [0.15, 0.2) is 6.20 Å². The van der Waals surface area contributed by atoms with Gasteiger partial charge in [-0.15, -0.1) is 0 Å². The zero-order valence-electron chi connectivity index (χ0n) is 10.4. The van der Waals surface area contributed by atoms with Gasteiger partial charge in [-0.05, 0) is 31.0 Å². The Balaban J connectivity index is 2.65. The van der Waals surface area contributed by atoms with E-state index in [9.17, 15) is 0 Å².